The molecule has 2 aliphatic carbocycles. The molecule has 120 valence electrons. The zero-order valence-corrected chi connectivity index (χ0v) is 13.0. The van der Waals surface area contributed by atoms with Crippen LogP contribution in [0, 0.1) is 11.8 Å². The molecular weight excluding hydrogens is 266 g/mol. The summed E-state index contributed by atoms with van der Waals surface area (Å²) in [5.41, 5.74) is 0. The van der Waals surface area contributed by atoms with Crippen LogP contribution in [0.5, 0.6) is 0 Å². The second kappa shape index (κ2) is 8.90. The third kappa shape index (κ3) is 5.94. The fourth-order valence-electron chi connectivity index (χ4n) is 3.07. The number of nitrogens with one attached hydrogen (secondary N) is 3. The van der Waals surface area contributed by atoms with Crippen LogP contribution in [0.4, 0.5) is 4.79 Å². The van der Waals surface area contributed by atoms with Gasteiger partial charge in [-0.25, -0.2) is 4.79 Å². The van der Waals surface area contributed by atoms with E-state index in [1.54, 1.807) is 0 Å². The summed E-state index contributed by atoms with van der Waals surface area (Å²) in [6, 6.07) is -0.0849. The molecule has 3 N–H and O–H groups in total. The first-order valence-corrected chi connectivity index (χ1v) is 8.55. The van der Waals surface area contributed by atoms with E-state index >= 15 is 0 Å². The maximum atomic E-state index is 11.6. The Kier molecular flexibility index (Phi) is 6.83. The van der Waals surface area contributed by atoms with E-state index in [2.05, 4.69) is 16.0 Å². The smallest absolute Gasteiger partial charge is 0.314 e. The fraction of sp³-hybridized carbons (Fsp3) is 0.875. The van der Waals surface area contributed by atoms with Crippen molar-refractivity contribution in [1.82, 2.24) is 16.0 Å². The van der Waals surface area contributed by atoms with Gasteiger partial charge in [0.15, 0.2) is 0 Å². The molecular formula is C16H29N3O2. The number of urea groups is 1. The summed E-state index contributed by atoms with van der Waals surface area (Å²) < 4.78 is 0. The van der Waals surface area contributed by atoms with E-state index in [9.17, 15) is 9.59 Å². The Bertz CT molecular complexity index is 336. The molecule has 21 heavy (non-hydrogen) atoms. The molecule has 0 spiro atoms. The lowest BCUT2D eigenvalue weighted by Crippen LogP contribution is -2.39. The lowest BCUT2D eigenvalue weighted by molar-refractivity contribution is -0.127. The third-order valence-corrected chi connectivity index (χ3v) is 4.73. The van der Waals surface area contributed by atoms with Gasteiger partial charge in [0.25, 0.3) is 0 Å². The minimum Gasteiger partial charge on any atom is -0.356 e. The van der Waals surface area contributed by atoms with E-state index in [1.807, 2.05) is 0 Å². The molecule has 2 saturated carbocycles. The van der Waals surface area contributed by atoms with Crippen molar-refractivity contribution in [2.24, 2.45) is 11.8 Å². The summed E-state index contributed by atoms with van der Waals surface area (Å²) in [4.78, 5) is 23.1. The van der Waals surface area contributed by atoms with Gasteiger partial charge in [0.1, 0.15) is 0 Å². The normalized spacial score (nSPS) is 19.0. The van der Waals surface area contributed by atoms with Crippen LogP contribution in [0.1, 0.15) is 57.8 Å². The Hall–Kier alpha value is -1.26. The summed E-state index contributed by atoms with van der Waals surface area (Å²) >= 11 is 0. The van der Waals surface area contributed by atoms with Crippen LogP contribution in [0.3, 0.4) is 0 Å². The Morgan fingerprint density at radius 2 is 1.48 bits per heavy atom. The molecule has 5 nitrogen and oxygen atoms in total. The Labute approximate surface area is 127 Å². The van der Waals surface area contributed by atoms with Gasteiger partial charge in [-0.05, 0) is 31.6 Å². The average molecular weight is 295 g/mol. The first-order chi connectivity index (χ1) is 10.3. The Balaban J connectivity index is 1.39. The largest absolute Gasteiger partial charge is 0.356 e. The molecule has 0 aromatic carbocycles. The quantitative estimate of drug-likeness (QED) is 0.601. The lowest BCUT2D eigenvalue weighted by Gasteiger charge is -2.24. The van der Waals surface area contributed by atoms with Gasteiger partial charge in [0, 0.05) is 25.6 Å². The van der Waals surface area contributed by atoms with Crippen LogP contribution in [0.2, 0.25) is 0 Å². The van der Waals surface area contributed by atoms with Crippen LogP contribution in [0.15, 0.2) is 0 Å². The van der Waals surface area contributed by atoms with E-state index in [-0.39, 0.29) is 17.9 Å². The van der Waals surface area contributed by atoms with Crippen LogP contribution >= 0.6 is 0 Å². The van der Waals surface area contributed by atoms with Crippen LogP contribution < -0.4 is 16.0 Å². The van der Waals surface area contributed by atoms with E-state index in [4.69, 9.17) is 0 Å². The van der Waals surface area contributed by atoms with Gasteiger partial charge in [-0.1, -0.05) is 32.1 Å². The van der Waals surface area contributed by atoms with Gasteiger partial charge in [0.2, 0.25) is 5.91 Å². The zero-order chi connectivity index (χ0) is 14.9. The number of carbonyl (C=O) groups is 2. The van der Waals surface area contributed by atoms with Crippen molar-refractivity contribution in [3.05, 3.63) is 0 Å². The molecule has 2 fully saturated rings. The molecule has 0 aliphatic heterocycles. The first kappa shape index (κ1) is 16.1. The molecule has 0 aromatic rings. The SMILES string of the molecule is O=C(NCCCNC(=O)C1CCC1)NCCC1CCCC1. The highest BCUT2D eigenvalue weighted by Gasteiger charge is 2.24. The second-order valence-corrected chi connectivity index (χ2v) is 6.39. The summed E-state index contributed by atoms with van der Waals surface area (Å²) in [5.74, 6) is 1.24. The summed E-state index contributed by atoms with van der Waals surface area (Å²) in [6.45, 7) is 2.03. The predicted molar refractivity (Wildman–Crippen MR) is 82.9 cm³/mol. The van der Waals surface area contributed by atoms with Gasteiger partial charge >= 0.3 is 6.03 Å². The average Bonchev–Trinajstić information content (AvgIpc) is 2.89. The molecule has 3 amide bonds. The summed E-state index contributed by atoms with van der Waals surface area (Å²) in [6.07, 6.45) is 10.5. The third-order valence-electron chi connectivity index (χ3n) is 4.73. The summed E-state index contributed by atoms with van der Waals surface area (Å²) in [5, 5.41) is 8.67. The molecule has 0 aromatic heterocycles. The maximum absolute atomic E-state index is 11.6. The standard InChI is InChI=1S/C16H29N3O2/c20-15(14-7-3-8-14)17-10-4-11-18-16(21)19-12-9-13-5-1-2-6-13/h13-14H,1-12H2,(H,17,20)(H2,18,19,21). The van der Waals surface area contributed by atoms with Crippen LogP contribution in [-0.4, -0.2) is 31.6 Å². The van der Waals surface area contributed by atoms with Crippen molar-refractivity contribution in [2.75, 3.05) is 19.6 Å². The highest BCUT2D eigenvalue weighted by molar-refractivity contribution is 5.79. The Morgan fingerprint density at radius 1 is 0.810 bits per heavy atom. The molecule has 0 atom stereocenters. The van der Waals surface area contributed by atoms with E-state index in [0.29, 0.717) is 13.1 Å². The molecule has 2 rings (SSSR count). The molecule has 0 radical (unpaired) electrons. The molecule has 0 heterocycles. The number of rotatable bonds is 8. The minimum absolute atomic E-state index is 0.0849. The van der Waals surface area contributed by atoms with Crippen LogP contribution in [-0.2, 0) is 4.79 Å². The number of carbonyl (C=O) groups excluding carboxylic acids is 2. The van der Waals surface area contributed by atoms with Crippen molar-refractivity contribution in [2.45, 2.75) is 57.8 Å². The number of hydrogen-bond donors (Lipinski definition) is 3. The lowest BCUT2D eigenvalue weighted by atomic mass is 9.85. The molecule has 0 bridgehead atoms. The number of hydrogen-bond acceptors (Lipinski definition) is 2. The maximum Gasteiger partial charge on any atom is 0.314 e. The summed E-state index contributed by atoms with van der Waals surface area (Å²) in [7, 11) is 0. The van der Waals surface area contributed by atoms with Crippen molar-refractivity contribution < 1.29 is 9.59 Å². The van der Waals surface area contributed by atoms with Crippen molar-refractivity contribution in [3.8, 4) is 0 Å². The first-order valence-electron chi connectivity index (χ1n) is 8.55. The highest BCUT2D eigenvalue weighted by Crippen LogP contribution is 2.27. The molecule has 0 saturated heterocycles. The number of amides is 3. The van der Waals surface area contributed by atoms with Gasteiger partial charge in [-0.3, -0.25) is 4.79 Å². The topological polar surface area (TPSA) is 70.2 Å². The molecule has 2 aliphatic rings. The Morgan fingerprint density at radius 3 is 2.14 bits per heavy atom. The van der Waals surface area contributed by atoms with Gasteiger partial charge < -0.3 is 16.0 Å². The highest BCUT2D eigenvalue weighted by atomic mass is 16.2. The van der Waals surface area contributed by atoms with E-state index < -0.39 is 0 Å². The van der Waals surface area contributed by atoms with Gasteiger partial charge in [-0.15, -0.1) is 0 Å². The predicted octanol–water partition coefficient (Wildman–Crippen LogP) is 2.17. The fourth-order valence-corrected chi connectivity index (χ4v) is 3.07. The minimum atomic E-state index is -0.0849. The van der Waals surface area contributed by atoms with E-state index in [0.717, 1.165) is 38.1 Å². The monoisotopic (exact) mass is 295 g/mol. The van der Waals surface area contributed by atoms with Crippen molar-refractivity contribution in [1.29, 1.82) is 0 Å². The molecule has 0 unspecified atom stereocenters. The second-order valence-electron chi connectivity index (χ2n) is 6.39. The van der Waals surface area contributed by atoms with E-state index in [1.165, 1.54) is 32.1 Å². The van der Waals surface area contributed by atoms with Gasteiger partial charge in [-0.2, -0.15) is 0 Å². The van der Waals surface area contributed by atoms with Crippen molar-refractivity contribution in [3.63, 3.8) is 0 Å². The zero-order valence-electron chi connectivity index (χ0n) is 13.0. The van der Waals surface area contributed by atoms with Crippen LogP contribution in [0.25, 0.3) is 0 Å². The van der Waals surface area contributed by atoms with Gasteiger partial charge in [0.05, 0.1) is 0 Å². The molecule has 5 heteroatoms. The van der Waals surface area contributed by atoms with Crippen molar-refractivity contribution >= 4 is 11.9 Å².